The first kappa shape index (κ1) is 18.2. The van der Waals surface area contributed by atoms with Gasteiger partial charge in [-0.25, -0.2) is 4.39 Å². The monoisotopic (exact) mass is 394 g/mol. The number of hydrogen-bond acceptors (Lipinski definition) is 3. The van der Waals surface area contributed by atoms with E-state index in [0.29, 0.717) is 9.82 Å². The molecular weight excluding hydrogens is 379 g/mol. The van der Waals surface area contributed by atoms with Crippen LogP contribution in [0.15, 0.2) is 52.4 Å². The van der Waals surface area contributed by atoms with Crippen molar-refractivity contribution in [3.8, 4) is 0 Å². The average Bonchev–Trinajstić information content (AvgIpc) is 2.91. The predicted molar refractivity (Wildman–Crippen MR) is 103 cm³/mol. The van der Waals surface area contributed by atoms with Crippen LogP contribution in [0.5, 0.6) is 0 Å². The molecule has 2 aromatic carbocycles. The molecule has 0 radical (unpaired) electrons. The number of nitrogens with zero attached hydrogens (tertiary/aromatic N) is 2. The summed E-state index contributed by atoms with van der Waals surface area (Å²) in [6.07, 6.45) is 0.945. The number of carbonyl (C=O) groups excluding carboxylic acids is 1. The maximum Gasteiger partial charge on any atom is 0.258 e. The number of carbonyl (C=O) groups is 1. The van der Waals surface area contributed by atoms with E-state index in [0.717, 1.165) is 28.1 Å². The molecule has 25 heavy (non-hydrogen) atoms. The molecule has 7 heteroatoms. The minimum Gasteiger partial charge on any atom is -0.316 e. The highest BCUT2D eigenvalue weighted by molar-refractivity contribution is 8.00. The quantitative estimate of drug-likeness (QED) is 0.562. The number of thioether (sulfide) groups is 1. The van der Waals surface area contributed by atoms with E-state index in [1.807, 2.05) is 18.2 Å². The van der Waals surface area contributed by atoms with Gasteiger partial charge in [-0.05, 0) is 48.9 Å². The van der Waals surface area contributed by atoms with E-state index in [-0.39, 0.29) is 17.5 Å². The van der Waals surface area contributed by atoms with Crippen LogP contribution in [-0.2, 0) is 11.3 Å². The number of fused-ring (bicyclic) bond motifs is 1. The highest BCUT2D eigenvalue weighted by atomic mass is 35.5. The number of hydrogen-bond donors (Lipinski definition) is 0. The van der Waals surface area contributed by atoms with Crippen molar-refractivity contribution in [1.29, 1.82) is 0 Å². The van der Waals surface area contributed by atoms with E-state index >= 15 is 0 Å². The summed E-state index contributed by atoms with van der Waals surface area (Å²) in [6, 6.07) is 11.8. The molecule has 1 aromatic heterocycles. The molecule has 0 N–H and O–H groups in total. The van der Waals surface area contributed by atoms with Crippen LogP contribution in [0.2, 0.25) is 5.02 Å². The van der Waals surface area contributed by atoms with Gasteiger partial charge in [0, 0.05) is 16.5 Å². The van der Waals surface area contributed by atoms with Crippen LogP contribution in [0.1, 0.15) is 13.3 Å². The van der Waals surface area contributed by atoms with Gasteiger partial charge in [-0.1, -0.05) is 29.9 Å². The van der Waals surface area contributed by atoms with Gasteiger partial charge in [0.15, 0.2) is 4.80 Å². The zero-order chi connectivity index (χ0) is 17.8. The fourth-order valence-electron chi connectivity index (χ4n) is 2.39. The van der Waals surface area contributed by atoms with Crippen LogP contribution >= 0.6 is 34.7 Å². The largest absolute Gasteiger partial charge is 0.316 e. The van der Waals surface area contributed by atoms with Crippen molar-refractivity contribution in [3.05, 3.63) is 58.1 Å². The lowest BCUT2D eigenvalue weighted by Crippen LogP contribution is -2.17. The maximum absolute atomic E-state index is 12.9. The summed E-state index contributed by atoms with van der Waals surface area (Å²) in [5.74, 6) is -0.283. The second-order valence-electron chi connectivity index (χ2n) is 5.40. The third kappa shape index (κ3) is 4.51. The molecule has 0 atom stereocenters. The van der Waals surface area contributed by atoms with Gasteiger partial charge in [0.1, 0.15) is 5.82 Å². The number of amides is 1. The Labute approximate surface area is 158 Å². The Morgan fingerprint density at radius 3 is 2.76 bits per heavy atom. The molecule has 0 saturated heterocycles. The number of thiazole rings is 1. The molecule has 130 valence electrons. The number of rotatable bonds is 5. The van der Waals surface area contributed by atoms with Crippen molar-refractivity contribution in [3.63, 3.8) is 0 Å². The van der Waals surface area contributed by atoms with E-state index in [1.54, 1.807) is 12.1 Å². The van der Waals surface area contributed by atoms with Gasteiger partial charge < -0.3 is 4.57 Å². The van der Waals surface area contributed by atoms with Crippen LogP contribution in [0, 0.1) is 5.82 Å². The van der Waals surface area contributed by atoms with Gasteiger partial charge in [-0.3, -0.25) is 4.79 Å². The molecule has 3 nitrogen and oxygen atoms in total. The second kappa shape index (κ2) is 8.17. The molecule has 0 aliphatic heterocycles. The fourth-order valence-corrected chi connectivity index (χ4v) is 4.42. The SMILES string of the molecule is CCCn1c(=NC(=O)CSc2ccc(F)cc2)sc2cc(Cl)ccc21. The molecular formula is C18H16ClFN2OS2. The maximum atomic E-state index is 12.9. The first-order valence-corrected chi connectivity index (χ1v) is 9.99. The fraction of sp³-hybridized carbons (Fsp3) is 0.222. The average molecular weight is 395 g/mol. The predicted octanol–water partition coefficient (Wildman–Crippen LogP) is 5.12. The molecule has 3 rings (SSSR count). The molecule has 0 unspecified atom stereocenters. The van der Waals surface area contributed by atoms with Crippen LogP contribution in [0.4, 0.5) is 4.39 Å². The van der Waals surface area contributed by atoms with Crippen molar-refractivity contribution >= 4 is 50.8 Å². The van der Waals surface area contributed by atoms with Gasteiger partial charge in [-0.2, -0.15) is 4.99 Å². The van der Waals surface area contributed by atoms with Crippen LogP contribution in [-0.4, -0.2) is 16.2 Å². The van der Waals surface area contributed by atoms with Gasteiger partial charge in [0.2, 0.25) is 0 Å². The van der Waals surface area contributed by atoms with E-state index in [2.05, 4.69) is 16.5 Å². The van der Waals surface area contributed by atoms with E-state index in [9.17, 15) is 9.18 Å². The van der Waals surface area contributed by atoms with Gasteiger partial charge in [-0.15, -0.1) is 11.8 Å². The molecule has 0 saturated carbocycles. The normalized spacial score (nSPS) is 12.0. The Morgan fingerprint density at radius 2 is 2.04 bits per heavy atom. The molecule has 3 aromatic rings. The van der Waals surface area contributed by atoms with Crippen molar-refractivity contribution in [2.75, 3.05) is 5.75 Å². The second-order valence-corrected chi connectivity index (χ2v) is 7.89. The summed E-state index contributed by atoms with van der Waals surface area (Å²) in [7, 11) is 0. The van der Waals surface area contributed by atoms with Gasteiger partial charge >= 0.3 is 0 Å². The summed E-state index contributed by atoms with van der Waals surface area (Å²) >= 11 is 8.87. The Hall–Kier alpha value is -1.63. The number of aromatic nitrogens is 1. The smallest absolute Gasteiger partial charge is 0.258 e. The van der Waals surface area contributed by atoms with Crippen LogP contribution in [0.3, 0.4) is 0 Å². The third-order valence-electron chi connectivity index (χ3n) is 3.49. The summed E-state index contributed by atoms with van der Waals surface area (Å²) in [4.78, 5) is 18.1. The number of halogens is 2. The highest BCUT2D eigenvalue weighted by Crippen LogP contribution is 2.22. The first-order valence-electron chi connectivity index (χ1n) is 7.81. The summed E-state index contributed by atoms with van der Waals surface area (Å²) in [5, 5.41) is 0.669. The Balaban J connectivity index is 1.84. The van der Waals surface area contributed by atoms with E-state index in [1.165, 1.54) is 35.2 Å². The minimum atomic E-state index is -0.287. The Kier molecular flexibility index (Phi) is 5.93. The molecule has 0 bridgehead atoms. The Bertz CT molecular complexity index is 963. The number of aryl methyl sites for hydroxylation is 1. The summed E-state index contributed by atoms with van der Waals surface area (Å²) in [5.41, 5.74) is 1.04. The molecule has 0 aliphatic carbocycles. The Morgan fingerprint density at radius 1 is 1.28 bits per heavy atom. The molecule has 1 heterocycles. The van der Waals surface area contributed by atoms with Crippen molar-refractivity contribution in [2.45, 2.75) is 24.8 Å². The van der Waals surface area contributed by atoms with Gasteiger partial charge in [0.25, 0.3) is 5.91 Å². The lowest BCUT2D eigenvalue weighted by atomic mass is 10.3. The molecule has 1 amide bonds. The summed E-state index contributed by atoms with van der Waals surface area (Å²) < 4.78 is 16.0. The topological polar surface area (TPSA) is 34.4 Å². The zero-order valence-corrected chi connectivity index (χ0v) is 15.9. The third-order valence-corrected chi connectivity index (χ3v) is 5.76. The lowest BCUT2D eigenvalue weighted by molar-refractivity contribution is -0.115. The first-order chi connectivity index (χ1) is 12.1. The van der Waals surface area contributed by atoms with Crippen molar-refractivity contribution in [1.82, 2.24) is 4.57 Å². The van der Waals surface area contributed by atoms with E-state index in [4.69, 9.17) is 11.6 Å². The van der Waals surface area contributed by atoms with Crippen molar-refractivity contribution < 1.29 is 9.18 Å². The molecule has 0 aliphatic rings. The molecule has 0 fully saturated rings. The van der Waals surface area contributed by atoms with Crippen molar-refractivity contribution in [2.24, 2.45) is 4.99 Å². The van der Waals surface area contributed by atoms with Gasteiger partial charge in [0.05, 0.1) is 16.0 Å². The molecule has 0 spiro atoms. The van der Waals surface area contributed by atoms with E-state index < -0.39 is 0 Å². The lowest BCUT2D eigenvalue weighted by Gasteiger charge is -2.02. The zero-order valence-electron chi connectivity index (χ0n) is 13.5. The summed E-state index contributed by atoms with van der Waals surface area (Å²) in [6.45, 7) is 2.88. The highest BCUT2D eigenvalue weighted by Gasteiger charge is 2.08. The van der Waals surface area contributed by atoms with Crippen LogP contribution < -0.4 is 4.80 Å². The minimum absolute atomic E-state index is 0.211. The van der Waals surface area contributed by atoms with Crippen LogP contribution in [0.25, 0.3) is 10.2 Å². The standard InChI is InChI=1S/C18H16ClFN2OS2/c1-2-9-22-15-8-3-12(19)10-16(15)25-18(22)21-17(23)11-24-14-6-4-13(20)5-7-14/h3-8,10H,2,9,11H2,1H3. The number of benzene rings is 2.